The first kappa shape index (κ1) is 13.0. The van der Waals surface area contributed by atoms with Gasteiger partial charge in [-0.05, 0) is 13.0 Å². The molecule has 7 nitrogen and oxygen atoms in total. The van der Waals surface area contributed by atoms with Crippen molar-refractivity contribution >= 4 is 5.91 Å². The van der Waals surface area contributed by atoms with Crippen molar-refractivity contribution in [2.45, 2.75) is 20.0 Å². The van der Waals surface area contributed by atoms with Crippen LogP contribution in [0.4, 0.5) is 0 Å². The van der Waals surface area contributed by atoms with E-state index in [4.69, 9.17) is 0 Å². The second-order valence-electron chi connectivity index (χ2n) is 4.08. The monoisotopic (exact) mass is 261 g/mol. The summed E-state index contributed by atoms with van der Waals surface area (Å²) in [6.45, 7) is 2.99. The fourth-order valence-corrected chi connectivity index (χ4v) is 1.63. The average molecular weight is 261 g/mol. The Morgan fingerprint density at radius 3 is 2.95 bits per heavy atom. The highest BCUT2D eigenvalue weighted by Gasteiger charge is 2.08. The fraction of sp³-hybridized carbons (Fsp3) is 0.333. The number of carbonyl (C=O) groups is 1. The molecule has 2 aromatic rings. The summed E-state index contributed by atoms with van der Waals surface area (Å²) in [4.78, 5) is 23.3. The topological polar surface area (TPSA) is 81.8 Å². The second kappa shape index (κ2) is 5.47. The van der Waals surface area contributed by atoms with Gasteiger partial charge in [-0.3, -0.25) is 9.59 Å². The third kappa shape index (κ3) is 2.87. The van der Waals surface area contributed by atoms with Crippen molar-refractivity contribution in [3.05, 3.63) is 46.4 Å². The maximum absolute atomic E-state index is 11.9. The molecule has 0 aliphatic rings. The van der Waals surface area contributed by atoms with Crippen LogP contribution in [0.25, 0.3) is 0 Å². The molecule has 0 saturated heterocycles. The molecule has 2 aromatic heterocycles. The molecule has 0 aliphatic carbocycles. The quantitative estimate of drug-likeness (QED) is 0.835. The molecule has 0 radical (unpaired) electrons. The van der Waals surface area contributed by atoms with E-state index in [0.29, 0.717) is 11.4 Å². The molecule has 0 unspecified atom stereocenters. The molecule has 0 bridgehead atoms. The van der Waals surface area contributed by atoms with Crippen molar-refractivity contribution in [3.63, 3.8) is 0 Å². The lowest BCUT2D eigenvalue weighted by atomic mass is 10.2. The SMILES string of the molecule is CCn1cnnc1CNC(=O)c1ccn(C)c(=O)c1. The van der Waals surface area contributed by atoms with E-state index in [1.165, 1.54) is 10.6 Å². The lowest BCUT2D eigenvalue weighted by Crippen LogP contribution is -2.27. The molecular weight excluding hydrogens is 246 g/mol. The summed E-state index contributed by atoms with van der Waals surface area (Å²) in [5, 5.41) is 10.4. The fourth-order valence-electron chi connectivity index (χ4n) is 1.63. The van der Waals surface area contributed by atoms with Crippen LogP contribution in [0.3, 0.4) is 0 Å². The summed E-state index contributed by atoms with van der Waals surface area (Å²) in [6, 6.07) is 2.90. The van der Waals surface area contributed by atoms with Gasteiger partial charge in [0.2, 0.25) is 0 Å². The first-order valence-electron chi connectivity index (χ1n) is 5.93. The zero-order chi connectivity index (χ0) is 13.8. The van der Waals surface area contributed by atoms with Gasteiger partial charge in [0.25, 0.3) is 11.5 Å². The first-order valence-corrected chi connectivity index (χ1v) is 5.93. The number of pyridine rings is 1. The van der Waals surface area contributed by atoms with Crippen LogP contribution >= 0.6 is 0 Å². The smallest absolute Gasteiger partial charge is 0.251 e. The molecule has 19 heavy (non-hydrogen) atoms. The minimum absolute atomic E-state index is 0.218. The highest BCUT2D eigenvalue weighted by Crippen LogP contribution is 1.97. The van der Waals surface area contributed by atoms with E-state index >= 15 is 0 Å². The molecule has 1 N–H and O–H groups in total. The number of nitrogens with one attached hydrogen (secondary N) is 1. The van der Waals surface area contributed by atoms with Crippen LogP contribution in [0.15, 0.2) is 29.5 Å². The Kier molecular flexibility index (Phi) is 3.74. The van der Waals surface area contributed by atoms with Crippen molar-refractivity contribution in [1.82, 2.24) is 24.6 Å². The maximum Gasteiger partial charge on any atom is 0.251 e. The molecule has 0 saturated carbocycles. The number of hydrogen-bond donors (Lipinski definition) is 1. The molecule has 0 spiro atoms. The summed E-state index contributed by atoms with van der Waals surface area (Å²) in [5.41, 5.74) is 0.120. The van der Waals surface area contributed by atoms with Crippen molar-refractivity contribution in [2.24, 2.45) is 7.05 Å². The van der Waals surface area contributed by atoms with Crippen LogP contribution < -0.4 is 10.9 Å². The van der Waals surface area contributed by atoms with Gasteiger partial charge in [-0.2, -0.15) is 0 Å². The van der Waals surface area contributed by atoms with Gasteiger partial charge >= 0.3 is 0 Å². The van der Waals surface area contributed by atoms with Crippen LogP contribution in [0.2, 0.25) is 0 Å². The van der Waals surface area contributed by atoms with E-state index in [1.54, 1.807) is 25.6 Å². The Balaban J connectivity index is 2.05. The van der Waals surface area contributed by atoms with Crippen molar-refractivity contribution in [2.75, 3.05) is 0 Å². The zero-order valence-corrected chi connectivity index (χ0v) is 10.8. The van der Waals surface area contributed by atoms with E-state index < -0.39 is 0 Å². The van der Waals surface area contributed by atoms with Gasteiger partial charge in [0.15, 0.2) is 5.82 Å². The van der Waals surface area contributed by atoms with E-state index in [9.17, 15) is 9.59 Å². The highest BCUT2D eigenvalue weighted by atomic mass is 16.2. The van der Waals surface area contributed by atoms with Gasteiger partial charge in [0.05, 0.1) is 6.54 Å². The third-order valence-corrected chi connectivity index (χ3v) is 2.81. The molecule has 0 atom stereocenters. The highest BCUT2D eigenvalue weighted by molar-refractivity contribution is 5.93. The third-order valence-electron chi connectivity index (χ3n) is 2.81. The number of hydrogen-bond acceptors (Lipinski definition) is 4. The zero-order valence-electron chi connectivity index (χ0n) is 10.8. The molecule has 1 amide bonds. The summed E-state index contributed by atoms with van der Waals surface area (Å²) in [7, 11) is 1.63. The van der Waals surface area contributed by atoms with Crippen molar-refractivity contribution in [3.8, 4) is 0 Å². The minimum Gasteiger partial charge on any atom is -0.345 e. The minimum atomic E-state index is -0.302. The number of rotatable bonds is 4. The van der Waals surface area contributed by atoms with Gasteiger partial charge in [0.1, 0.15) is 6.33 Å². The molecule has 7 heteroatoms. The van der Waals surface area contributed by atoms with Gasteiger partial charge in [-0.25, -0.2) is 0 Å². The lowest BCUT2D eigenvalue weighted by Gasteiger charge is -2.06. The second-order valence-corrected chi connectivity index (χ2v) is 4.08. The molecule has 0 fully saturated rings. The van der Waals surface area contributed by atoms with Gasteiger partial charge in [-0.1, -0.05) is 0 Å². The van der Waals surface area contributed by atoms with Crippen molar-refractivity contribution in [1.29, 1.82) is 0 Å². The van der Waals surface area contributed by atoms with Crippen LogP contribution in [0, 0.1) is 0 Å². The summed E-state index contributed by atoms with van der Waals surface area (Å²) in [6.07, 6.45) is 3.17. The Bertz CT molecular complexity index is 644. The number of aromatic nitrogens is 4. The van der Waals surface area contributed by atoms with Crippen LogP contribution in [0.5, 0.6) is 0 Å². The Morgan fingerprint density at radius 2 is 2.26 bits per heavy atom. The van der Waals surface area contributed by atoms with E-state index in [-0.39, 0.29) is 18.0 Å². The molecule has 0 aromatic carbocycles. The summed E-state index contributed by atoms with van der Waals surface area (Å²) >= 11 is 0. The van der Waals surface area contributed by atoms with Crippen molar-refractivity contribution < 1.29 is 4.79 Å². The number of amides is 1. The molecule has 2 heterocycles. The standard InChI is InChI=1S/C12H15N5O2/c1-3-17-8-14-15-10(17)7-13-12(19)9-4-5-16(2)11(18)6-9/h4-6,8H,3,7H2,1-2H3,(H,13,19). The number of carbonyl (C=O) groups excluding carboxylic acids is 1. The lowest BCUT2D eigenvalue weighted by molar-refractivity contribution is 0.0949. The van der Waals surface area contributed by atoms with Gasteiger partial charge in [-0.15, -0.1) is 10.2 Å². The predicted octanol–water partition coefficient (Wildman–Crippen LogP) is -0.0733. The average Bonchev–Trinajstić information content (AvgIpc) is 2.86. The maximum atomic E-state index is 11.9. The first-order chi connectivity index (χ1) is 9.11. The molecule has 2 rings (SSSR count). The van der Waals surface area contributed by atoms with Gasteiger partial charge in [0, 0.05) is 31.4 Å². The molecular formula is C12H15N5O2. The van der Waals surface area contributed by atoms with Crippen LogP contribution in [-0.4, -0.2) is 25.2 Å². The molecule has 100 valence electrons. The Hall–Kier alpha value is -2.44. The number of nitrogens with zero attached hydrogens (tertiary/aromatic N) is 4. The Labute approximate surface area is 109 Å². The summed E-state index contributed by atoms with van der Waals surface area (Å²) < 4.78 is 3.24. The van der Waals surface area contributed by atoms with Crippen LogP contribution in [0.1, 0.15) is 23.1 Å². The summed E-state index contributed by atoms with van der Waals surface area (Å²) in [5.74, 6) is 0.378. The largest absolute Gasteiger partial charge is 0.345 e. The normalized spacial score (nSPS) is 10.4. The predicted molar refractivity (Wildman–Crippen MR) is 68.5 cm³/mol. The molecule has 0 aliphatic heterocycles. The van der Waals surface area contributed by atoms with E-state index in [2.05, 4.69) is 15.5 Å². The van der Waals surface area contributed by atoms with E-state index in [0.717, 1.165) is 6.54 Å². The van der Waals surface area contributed by atoms with Crippen LogP contribution in [-0.2, 0) is 20.1 Å². The number of aryl methyl sites for hydroxylation is 2. The van der Waals surface area contributed by atoms with E-state index in [1.807, 2.05) is 11.5 Å². The Morgan fingerprint density at radius 1 is 1.47 bits per heavy atom. The van der Waals surface area contributed by atoms with Gasteiger partial charge < -0.3 is 14.5 Å².